The maximum atomic E-state index is 13.1. The number of aliphatic hydroxyl groups is 1. The van der Waals surface area contributed by atoms with Crippen molar-refractivity contribution in [2.24, 2.45) is 0 Å². The number of aliphatic hydroxyl groups excluding tert-OH is 1. The Morgan fingerprint density at radius 1 is 1.14 bits per heavy atom. The molecule has 0 bridgehead atoms. The summed E-state index contributed by atoms with van der Waals surface area (Å²) in [6, 6.07) is 16.3. The van der Waals surface area contributed by atoms with Crippen molar-refractivity contribution in [2.75, 3.05) is 13.2 Å². The van der Waals surface area contributed by atoms with E-state index in [4.69, 9.17) is 0 Å². The lowest BCUT2D eigenvalue weighted by atomic mass is 10.0. The smallest absolute Gasteiger partial charge is 0.252 e. The molecule has 2 aromatic heterocycles. The lowest BCUT2D eigenvalue weighted by Gasteiger charge is -2.30. The van der Waals surface area contributed by atoms with Crippen LogP contribution < -0.4 is 5.56 Å². The lowest BCUT2D eigenvalue weighted by Crippen LogP contribution is -2.34. The van der Waals surface area contributed by atoms with Gasteiger partial charge in [-0.3, -0.25) is 9.69 Å². The number of hydrogen-bond acceptors (Lipinski definition) is 6. The van der Waals surface area contributed by atoms with E-state index in [-0.39, 0.29) is 18.2 Å². The Kier molecular flexibility index (Phi) is 8.05. The molecule has 0 aliphatic rings. The summed E-state index contributed by atoms with van der Waals surface area (Å²) >= 11 is 0. The topological polar surface area (TPSA) is 99.9 Å². The number of fused-ring (bicyclic) bond motifs is 1. The summed E-state index contributed by atoms with van der Waals surface area (Å²) in [4.78, 5) is 18.4. The van der Waals surface area contributed by atoms with Gasteiger partial charge >= 0.3 is 0 Å². The second-order valence-corrected chi connectivity index (χ2v) is 9.06. The summed E-state index contributed by atoms with van der Waals surface area (Å²) in [6.07, 6.45) is 2.21. The molecule has 0 amide bonds. The number of aromatic nitrogens is 5. The molecule has 0 saturated heterocycles. The second-order valence-electron chi connectivity index (χ2n) is 9.06. The number of tetrazole rings is 1. The van der Waals surface area contributed by atoms with Gasteiger partial charge in [-0.1, -0.05) is 49.4 Å². The average molecular weight is 475 g/mol. The molecule has 0 spiro atoms. The minimum Gasteiger partial charge on any atom is -0.396 e. The minimum absolute atomic E-state index is 0.0813. The van der Waals surface area contributed by atoms with Gasteiger partial charge in [-0.05, 0) is 71.7 Å². The molecule has 0 radical (unpaired) electrons. The van der Waals surface area contributed by atoms with E-state index in [1.54, 1.807) is 0 Å². The molecule has 1 atom stereocenters. The zero-order chi connectivity index (χ0) is 24.8. The lowest BCUT2D eigenvalue weighted by molar-refractivity contribution is 0.152. The molecule has 0 saturated carbocycles. The number of benzene rings is 2. The number of hydrogen-bond donors (Lipinski definition) is 2. The Balaban J connectivity index is 1.62. The Labute approximate surface area is 205 Å². The molecule has 2 aromatic carbocycles. The van der Waals surface area contributed by atoms with Crippen LogP contribution in [0.4, 0.5) is 0 Å². The van der Waals surface area contributed by atoms with Gasteiger partial charge in [0.2, 0.25) is 0 Å². The van der Waals surface area contributed by atoms with Crippen LogP contribution in [-0.2, 0) is 19.5 Å². The highest BCUT2D eigenvalue weighted by Gasteiger charge is 2.25. The third kappa shape index (κ3) is 5.66. The van der Waals surface area contributed by atoms with Gasteiger partial charge in [-0.15, -0.1) is 5.10 Å². The Hall–Kier alpha value is -3.36. The second kappa shape index (κ2) is 11.4. The largest absolute Gasteiger partial charge is 0.396 e. The van der Waals surface area contributed by atoms with Gasteiger partial charge < -0.3 is 10.1 Å². The molecule has 8 nitrogen and oxygen atoms in total. The number of nitrogens with zero attached hydrogens (tertiary/aromatic N) is 5. The molecule has 184 valence electrons. The molecular formula is C27H34N6O2. The summed E-state index contributed by atoms with van der Waals surface area (Å²) in [6.45, 7) is 8.01. The van der Waals surface area contributed by atoms with Gasteiger partial charge in [0.05, 0.1) is 11.6 Å². The van der Waals surface area contributed by atoms with Gasteiger partial charge in [0.1, 0.15) is 0 Å². The van der Waals surface area contributed by atoms with Crippen LogP contribution in [0, 0.1) is 13.8 Å². The van der Waals surface area contributed by atoms with E-state index in [1.165, 1.54) is 5.56 Å². The van der Waals surface area contributed by atoms with Crippen molar-refractivity contribution in [1.82, 2.24) is 30.1 Å². The average Bonchev–Trinajstić information content (AvgIpc) is 3.33. The fourth-order valence-corrected chi connectivity index (χ4v) is 4.62. The maximum absolute atomic E-state index is 13.1. The van der Waals surface area contributed by atoms with Gasteiger partial charge in [0, 0.05) is 31.8 Å². The van der Waals surface area contributed by atoms with E-state index in [0.29, 0.717) is 31.6 Å². The van der Waals surface area contributed by atoms with Gasteiger partial charge in [0.15, 0.2) is 5.82 Å². The molecule has 4 aromatic rings. The third-order valence-electron chi connectivity index (χ3n) is 6.75. The Morgan fingerprint density at radius 2 is 1.94 bits per heavy atom. The van der Waals surface area contributed by atoms with Crippen LogP contribution in [0.15, 0.2) is 53.3 Å². The molecule has 0 fully saturated rings. The predicted octanol–water partition coefficient (Wildman–Crippen LogP) is 3.71. The van der Waals surface area contributed by atoms with E-state index in [9.17, 15) is 9.90 Å². The summed E-state index contributed by atoms with van der Waals surface area (Å²) in [5.41, 5.74) is 4.97. The van der Waals surface area contributed by atoms with Crippen molar-refractivity contribution in [3.63, 3.8) is 0 Å². The fourth-order valence-electron chi connectivity index (χ4n) is 4.62. The number of pyridine rings is 1. The number of H-pyrrole nitrogens is 1. The van der Waals surface area contributed by atoms with Crippen LogP contribution in [0.5, 0.6) is 0 Å². The highest BCUT2D eigenvalue weighted by atomic mass is 16.3. The third-order valence-corrected chi connectivity index (χ3v) is 6.75. The summed E-state index contributed by atoms with van der Waals surface area (Å²) in [5, 5.41) is 23.2. The summed E-state index contributed by atoms with van der Waals surface area (Å²) in [5.74, 6) is 0.782. The van der Waals surface area contributed by atoms with Crippen molar-refractivity contribution in [1.29, 1.82) is 0 Å². The van der Waals surface area contributed by atoms with Crippen molar-refractivity contribution < 1.29 is 5.11 Å². The van der Waals surface area contributed by atoms with Gasteiger partial charge in [0.25, 0.3) is 5.56 Å². The monoisotopic (exact) mass is 474 g/mol. The van der Waals surface area contributed by atoms with Crippen LogP contribution in [-0.4, -0.2) is 48.3 Å². The first-order valence-corrected chi connectivity index (χ1v) is 12.3. The van der Waals surface area contributed by atoms with E-state index in [0.717, 1.165) is 40.7 Å². The van der Waals surface area contributed by atoms with E-state index < -0.39 is 0 Å². The van der Waals surface area contributed by atoms with Crippen LogP contribution in [0.1, 0.15) is 53.9 Å². The van der Waals surface area contributed by atoms with E-state index in [1.807, 2.05) is 42.8 Å². The zero-order valence-corrected chi connectivity index (χ0v) is 20.7. The Morgan fingerprint density at radius 3 is 2.69 bits per heavy atom. The van der Waals surface area contributed by atoms with E-state index in [2.05, 4.69) is 56.6 Å². The first kappa shape index (κ1) is 24.8. The van der Waals surface area contributed by atoms with Crippen LogP contribution >= 0.6 is 0 Å². The molecule has 8 heteroatoms. The van der Waals surface area contributed by atoms with Crippen LogP contribution in [0.25, 0.3) is 10.9 Å². The number of nitrogens with one attached hydrogen (secondary N) is 1. The molecule has 0 aliphatic heterocycles. The predicted molar refractivity (Wildman–Crippen MR) is 137 cm³/mol. The first-order chi connectivity index (χ1) is 17.0. The maximum Gasteiger partial charge on any atom is 0.252 e. The fraction of sp³-hybridized carbons (Fsp3) is 0.407. The zero-order valence-electron chi connectivity index (χ0n) is 20.7. The molecule has 0 unspecified atom stereocenters. The number of rotatable bonds is 11. The molecule has 2 N–H and O–H groups in total. The molecule has 0 aliphatic carbocycles. The van der Waals surface area contributed by atoms with Crippen LogP contribution in [0.3, 0.4) is 0 Å². The number of aryl methyl sites for hydroxylation is 4. The summed E-state index contributed by atoms with van der Waals surface area (Å²) < 4.78 is 1.86. The van der Waals surface area contributed by atoms with Gasteiger partial charge in [-0.2, -0.15) is 0 Å². The minimum atomic E-state index is -0.0845. The normalized spacial score (nSPS) is 12.5. The first-order valence-electron chi connectivity index (χ1n) is 12.3. The van der Waals surface area contributed by atoms with Crippen molar-refractivity contribution >= 4 is 10.9 Å². The SMILES string of the molecule is CC[C@H](c1nnnn1CCc1ccccc1)N(CCCO)Cc1cc2ccc(C)c(C)c2[nH]c1=O. The standard InChI is InChI=1S/C27H34N6O2/c1-4-24(26-29-30-31-33(26)15-13-21-9-6-5-7-10-21)32(14-8-16-34)18-23-17-22-12-11-19(2)20(3)25(22)28-27(23)35/h5-7,9-12,17,24,34H,4,8,13-16,18H2,1-3H3,(H,28,35)/t24-/m1/s1. The molecule has 4 rings (SSSR count). The quantitative estimate of drug-likeness (QED) is 0.344. The number of aromatic amines is 1. The highest BCUT2D eigenvalue weighted by Crippen LogP contribution is 2.25. The highest BCUT2D eigenvalue weighted by molar-refractivity contribution is 5.83. The summed E-state index contributed by atoms with van der Waals surface area (Å²) in [7, 11) is 0. The molecule has 2 heterocycles. The molecular weight excluding hydrogens is 440 g/mol. The van der Waals surface area contributed by atoms with Crippen LogP contribution in [0.2, 0.25) is 0 Å². The van der Waals surface area contributed by atoms with Gasteiger partial charge in [-0.25, -0.2) is 4.68 Å². The molecule has 35 heavy (non-hydrogen) atoms. The van der Waals surface area contributed by atoms with Crippen molar-refractivity contribution in [3.8, 4) is 0 Å². The van der Waals surface area contributed by atoms with E-state index >= 15 is 0 Å². The Bertz CT molecular complexity index is 1310. The van der Waals surface area contributed by atoms with Crippen molar-refractivity contribution in [3.05, 3.63) is 87.0 Å². The van der Waals surface area contributed by atoms with Crippen molar-refractivity contribution in [2.45, 2.75) is 59.2 Å².